The number of carbonyl (C=O) groups is 2. The standard InChI is InChI=1S/C22H23N3O2S.C2HF3O2/c1-25(18-9-7-17(8-10-18)20-24-15-16-28-20)21(26)22(11-13-23-14-12-22)27-19-5-3-2-4-6-19;3-2(4,5)1(6)7/h2-10,15-16,23H,11-14H2,1H3;(H,6,7). The van der Waals surface area contributed by atoms with Crippen LogP contribution in [0.2, 0.25) is 0 Å². The topological polar surface area (TPSA) is 91.8 Å². The molecule has 0 bridgehead atoms. The zero-order chi connectivity index (χ0) is 25.5. The molecule has 2 aromatic carbocycles. The first kappa shape index (κ1) is 26.2. The lowest BCUT2D eigenvalue weighted by molar-refractivity contribution is -0.192. The molecule has 11 heteroatoms. The summed E-state index contributed by atoms with van der Waals surface area (Å²) in [7, 11) is 1.82. The molecule has 0 spiro atoms. The molecule has 1 aliphatic rings. The molecule has 0 unspecified atom stereocenters. The van der Waals surface area contributed by atoms with Crippen molar-refractivity contribution >= 4 is 28.9 Å². The fourth-order valence-electron chi connectivity index (χ4n) is 3.52. The van der Waals surface area contributed by atoms with E-state index in [1.165, 1.54) is 0 Å². The van der Waals surface area contributed by atoms with Crippen LogP contribution in [-0.4, -0.2) is 53.9 Å². The number of carboxylic acid groups (broad SMARTS) is 1. The molecular weight excluding hydrogens is 483 g/mol. The monoisotopic (exact) mass is 507 g/mol. The number of benzene rings is 2. The van der Waals surface area contributed by atoms with Gasteiger partial charge >= 0.3 is 12.1 Å². The molecule has 4 rings (SSSR count). The maximum Gasteiger partial charge on any atom is 0.490 e. The van der Waals surface area contributed by atoms with Crippen molar-refractivity contribution in [3.05, 3.63) is 66.2 Å². The summed E-state index contributed by atoms with van der Waals surface area (Å²) in [6, 6.07) is 17.5. The molecule has 0 aliphatic carbocycles. The molecule has 0 radical (unpaired) electrons. The van der Waals surface area contributed by atoms with Gasteiger partial charge in [0.2, 0.25) is 0 Å². The minimum Gasteiger partial charge on any atom is -0.477 e. The van der Waals surface area contributed by atoms with Crippen molar-refractivity contribution in [2.24, 2.45) is 0 Å². The van der Waals surface area contributed by atoms with Crippen LogP contribution in [0.15, 0.2) is 66.2 Å². The van der Waals surface area contributed by atoms with Gasteiger partial charge in [0.1, 0.15) is 10.8 Å². The fraction of sp³-hybridized carbons (Fsp3) is 0.292. The average Bonchev–Trinajstić information content (AvgIpc) is 3.39. The predicted octanol–water partition coefficient (Wildman–Crippen LogP) is 4.61. The van der Waals surface area contributed by atoms with E-state index in [0.717, 1.165) is 35.1 Å². The second-order valence-corrected chi connectivity index (χ2v) is 8.61. The van der Waals surface area contributed by atoms with Gasteiger partial charge in [0.05, 0.1) is 0 Å². The summed E-state index contributed by atoms with van der Waals surface area (Å²) in [5, 5.41) is 13.4. The third kappa shape index (κ3) is 6.80. The van der Waals surface area contributed by atoms with E-state index in [1.54, 1.807) is 22.4 Å². The SMILES string of the molecule is CN(C(=O)C1(Oc2ccccc2)CCNCC1)c1ccc(-c2nccs2)cc1.O=C(O)C(F)(F)F. The lowest BCUT2D eigenvalue weighted by Crippen LogP contribution is -2.57. The van der Waals surface area contributed by atoms with Gasteiger partial charge in [0.25, 0.3) is 5.91 Å². The summed E-state index contributed by atoms with van der Waals surface area (Å²) in [6.45, 7) is 1.52. The van der Waals surface area contributed by atoms with Crippen LogP contribution in [0.5, 0.6) is 5.75 Å². The van der Waals surface area contributed by atoms with Crippen LogP contribution >= 0.6 is 11.3 Å². The average molecular weight is 508 g/mol. The Kier molecular flexibility index (Phi) is 8.47. The Labute approximate surface area is 204 Å². The first-order chi connectivity index (χ1) is 16.6. The number of rotatable bonds is 5. The Morgan fingerprint density at radius 1 is 1.09 bits per heavy atom. The zero-order valence-corrected chi connectivity index (χ0v) is 19.6. The van der Waals surface area contributed by atoms with E-state index >= 15 is 0 Å². The van der Waals surface area contributed by atoms with Crippen LogP contribution < -0.4 is 15.0 Å². The highest BCUT2D eigenvalue weighted by molar-refractivity contribution is 7.13. The zero-order valence-electron chi connectivity index (χ0n) is 18.8. The Hall–Kier alpha value is -3.44. The number of nitrogens with one attached hydrogen (secondary N) is 1. The van der Waals surface area contributed by atoms with E-state index in [4.69, 9.17) is 14.6 Å². The van der Waals surface area contributed by atoms with Gasteiger partial charge in [-0.2, -0.15) is 13.2 Å². The van der Waals surface area contributed by atoms with Crippen LogP contribution in [0.3, 0.4) is 0 Å². The molecule has 1 amide bonds. The van der Waals surface area contributed by atoms with E-state index in [1.807, 2.05) is 67.0 Å². The molecule has 7 nitrogen and oxygen atoms in total. The van der Waals surface area contributed by atoms with Gasteiger partial charge in [-0.25, -0.2) is 9.78 Å². The molecule has 1 saturated heterocycles. The molecule has 0 saturated carbocycles. The van der Waals surface area contributed by atoms with E-state index in [9.17, 15) is 18.0 Å². The first-order valence-corrected chi connectivity index (χ1v) is 11.5. The van der Waals surface area contributed by atoms with Gasteiger partial charge in [-0.15, -0.1) is 11.3 Å². The molecule has 1 fully saturated rings. The molecular formula is C24H24F3N3O4S. The largest absolute Gasteiger partial charge is 0.490 e. The summed E-state index contributed by atoms with van der Waals surface area (Å²) in [6.07, 6.45) is -2.00. The normalized spacial score (nSPS) is 14.9. The molecule has 35 heavy (non-hydrogen) atoms. The van der Waals surface area contributed by atoms with E-state index in [-0.39, 0.29) is 5.91 Å². The van der Waals surface area contributed by atoms with E-state index in [2.05, 4.69) is 10.3 Å². The van der Waals surface area contributed by atoms with E-state index < -0.39 is 17.7 Å². The number of aliphatic carboxylic acids is 1. The smallest absolute Gasteiger partial charge is 0.477 e. The van der Waals surface area contributed by atoms with Crippen LogP contribution in [0, 0.1) is 0 Å². The number of anilines is 1. The van der Waals surface area contributed by atoms with Gasteiger partial charge < -0.3 is 20.1 Å². The highest BCUT2D eigenvalue weighted by Gasteiger charge is 2.44. The van der Waals surface area contributed by atoms with Crippen LogP contribution in [0.4, 0.5) is 18.9 Å². The van der Waals surface area contributed by atoms with Gasteiger partial charge in [0.15, 0.2) is 5.60 Å². The Bertz CT molecular complexity index is 1100. The number of piperidine rings is 1. The number of likely N-dealkylation sites (N-methyl/N-ethyl adjacent to an activating group) is 1. The second kappa shape index (κ2) is 11.3. The van der Waals surface area contributed by atoms with Crippen molar-refractivity contribution in [3.8, 4) is 16.3 Å². The minimum atomic E-state index is -5.08. The Morgan fingerprint density at radius 3 is 2.20 bits per heavy atom. The molecule has 3 aromatic rings. The van der Waals surface area contributed by atoms with Crippen molar-refractivity contribution in [3.63, 3.8) is 0 Å². The third-order valence-electron chi connectivity index (χ3n) is 5.34. The highest BCUT2D eigenvalue weighted by Crippen LogP contribution is 2.31. The number of alkyl halides is 3. The van der Waals surface area contributed by atoms with Gasteiger partial charge in [-0.05, 0) is 49.5 Å². The summed E-state index contributed by atoms with van der Waals surface area (Å²) < 4.78 is 38.0. The number of para-hydroxylation sites is 1. The summed E-state index contributed by atoms with van der Waals surface area (Å²) >= 11 is 1.60. The fourth-order valence-corrected chi connectivity index (χ4v) is 4.17. The number of carbonyl (C=O) groups excluding carboxylic acids is 1. The number of nitrogens with zero attached hydrogens (tertiary/aromatic N) is 2. The van der Waals surface area contributed by atoms with E-state index in [0.29, 0.717) is 12.8 Å². The van der Waals surface area contributed by atoms with Crippen molar-refractivity contribution in [2.75, 3.05) is 25.0 Å². The molecule has 2 heterocycles. The summed E-state index contributed by atoms with van der Waals surface area (Å²) in [5.74, 6) is -2.04. The first-order valence-electron chi connectivity index (χ1n) is 10.7. The number of halogens is 3. The number of carboxylic acids is 1. The molecule has 0 atom stereocenters. The number of hydrogen-bond donors (Lipinski definition) is 2. The lowest BCUT2D eigenvalue weighted by atomic mass is 9.90. The molecule has 1 aromatic heterocycles. The van der Waals surface area contributed by atoms with Crippen molar-refractivity contribution < 1.29 is 32.6 Å². The number of aromatic nitrogens is 1. The Morgan fingerprint density at radius 2 is 1.69 bits per heavy atom. The van der Waals surface area contributed by atoms with Gasteiger partial charge in [-0.3, -0.25) is 4.79 Å². The van der Waals surface area contributed by atoms with Crippen LogP contribution in [0.1, 0.15) is 12.8 Å². The van der Waals surface area contributed by atoms with Gasteiger partial charge in [0, 0.05) is 42.7 Å². The predicted molar refractivity (Wildman–Crippen MR) is 127 cm³/mol. The minimum absolute atomic E-state index is 0.0140. The number of amides is 1. The van der Waals surface area contributed by atoms with Crippen molar-refractivity contribution in [1.82, 2.24) is 10.3 Å². The number of ether oxygens (including phenoxy) is 1. The molecule has 1 aliphatic heterocycles. The molecule has 2 N–H and O–H groups in total. The van der Waals surface area contributed by atoms with Crippen LogP contribution in [-0.2, 0) is 9.59 Å². The second-order valence-electron chi connectivity index (χ2n) is 7.71. The molecule has 186 valence electrons. The highest BCUT2D eigenvalue weighted by atomic mass is 32.1. The third-order valence-corrected chi connectivity index (χ3v) is 6.16. The Balaban J connectivity index is 0.000000429. The summed E-state index contributed by atoms with van der Waals surface area (Å²) in [4.78, 5) is 28.4. The lowest BCUT2D eigenvalue weighted by Gasteiger charge is -2.39. The number of thiazole rings is 1. The maximum atomic E-state index is 13.5. The van der Waals surface area contributed by atoms with Crippen LogP contribution in [0.25, 0.3) is 10.6 Å². The van der Waals surface area contributed by atoms with Gasteiger partial charge in [-0.1, -0.05) is 18.2 Å². The quantitative estimate of drug-likeness (QED) is 0.524. The van der Waals surface area contributed by atoms with Crippen molar-refractivity contribution in [2.45, 2.75) is 24.6 Å². The summed E-state index contributed by atoms with van der Waals surface area (Å²) in [5.41, 5.74) is 1.05. The van der Waals surface area contributed by atoms with Crippen molar-refractivity contribution in [1.29, 1.82) is 0 Å². The maximum absolute atomic E-state index is 13.5. The number of hydrogen-bond acceptors (Lipinski definition) is 6.